The predicted octanol–water partition coefficient (Wildman–Crippen LogP) is 4.18. The van der Waals surface area contributed by atoms with Gasteiger partial charge in [0.25, 0.3) is 0 Å². The first-order chi connectivity index (χ1) is 8.42. The fourth-order valence-corrected chi connectivity index (χ4v) is 3.14. The van der Waals surface area contributed by atoms with Crippen molar-refractivity contribution in [3.8, 4) is 0 Å². The Kier molecular flexibility index (Phi) is 3.71. The summed E-state index contributed by atoms with van der Waals surface area (Å²) in [6.45, 7) is 4.44. The van der Waals surface area contributed by atoms with E-state index in [1.807, 2.05) is 0 Å². The van der Waals surface area contributed by atoms with Gasteiger partial charge in [-0.05, 0) is 41.9 Å². The van der Waals surface area contributed by atoms with Crippen LogP contribution in [0.5, 0.6) is 0 Å². The van der Waals surface area contributed by atoms with Crippen LogP contribution in [0.1, 0.15) is 51.1 Å². The molecule has 0 aliphatic heterocycles. The minimum absolute atomic E-state index is 0.169. The lowest BCUT2D eigenvalue weighted by Crippen LogP contribution is -2.36. The molecule has 2 rings (SSSR count). The van der Waals surface area contributed by atoms with Crippen LogP contribution in [0.4, 0.5) is 8.78 Å². The van der Waals surface area contributed by atoms with Gasteiger partial charge in [0, 0.05) is 6.04 Å². The lowest BCUT2D eigenvalue weighted by Gasteiger charge is -2.42. The summed E-state index contributed by atoms with van der Waals surface area (Å²) in [4.78, 5) is 0. The third-order valence-electron chi connectivity index (χ3n) is 4.35. The van der Waals surface area contributed by atoms with Crippen LogP contribution in [0.3, 0.4) is 0 Å². The number of nitrogens with two attached hydrogens (primary N) is 1. The Morgan fingerprint density at radius 2 is 1.94 bits per heavy atom. The van der Waals surface area contributed by atoms with E-state index < -0.39 is 11.6 Å². The molecule has 0 bridgehead atoms. The van der Waals surface area contributed by atoms with Gasteiger partial charge in [-0.15, -0.1) is 0 Å². The van der Waals surface area contributed by atoms with E-state index >= 15 is 0 Å². The van der Waals surface area contributed by atoms with Gasteiger partial charge in [0.05, 0.1) is 0 Å². The molecular weight excluding hydrogens is 232 g/mol. The second kappa shape index (κ2) is 4.96. The van der Waals surface area contributed by atoms with Gasteiger partial charge in [-0.3, -0.25) is 0 Å². The number of halogens is 2. The van der Waals surface area contributed by atoms with E-state index in [1.54, 1.807) is 6.07 Å². The van der Waals surface area contributed by atoms with E-state index in [-0.39, 0.29) is 11.5 Å². The molecular formula is C15H21F2N. The highest BCUT2D eigenvalue weighted by atomic mass is 19.2. The summed E-state index contributed by atoms with van der Waals surface area (Å²) in [5, 5.41) is 0. The Bertz CT molecular complexity index is 429. The van der Waals surface area contributed by atoms with E-state index in [0.717, 1.165) is 12.8 Å². The lowest BCUT2D eigenvalue weighted by atomic mass is 9.65. The maximum atomic E-state index is 13.3. The maximum Gasteiger partial charge on any atom is 0.159 e. The Hall–Kier alpha value is -0.960. The van der Waals surface area contributed by atoms with Crippen LogP contribution in [0.2, 0.25) is 0 Å². The lowest BCUT2D eigenvalue weighted by molar-refractivity contribution is 0.112. The van der Waals surface area contributed by atoms with Crippen LogP contribution in [0.25, 0.3) is 0 Å². The molecule has 1 nitrogen and oxygen atoms in total. The normalized spacial score (nSPS) is 24.8. The van der Waals surface area contributed by atoms with Crippen LogP contribution in [0, 0.1) is 23.0 Å². The molecule has 0 saturated heterocycles. The van der Waals surface area contributed by atoms with Crippen molar-refractivity contribution in [3.63, 3.8) is 0 Å². The maximum absolute atomic E-state index is 13.3. The van der Waals surface area contributed by atoms with Crippen molar-refractivity contribution in [2.75, 3.05) is 0 Å². The minimum atomic E-state index is -0.811. The number of rotatable bonds is 2. The molecule has 3 heteroatoms. The smallest absolute Gasteiger partial charge is 0.159 e. The van der Waals surface area contributed by atoms with Crippen molar-refractivity contribution < 1.29 is 8.78 Å². The molecule has 2 N–H and O–H groups in total. The Morgan fingerprint density at radius 1 is 1.22 bits per heavy atom. The molecule has 1 aliphatic carbocycles. The molecule has 1 saturated carbocycles. The van der Waals surface area contributed by atoms with Crippen molar-refractivity contribution in [2.24, 2.45) is 17.1 Å². The number of hydrogen-bond acceptors (Lipinski definition) is 1. The first-order valence-corrected chi connectivity index (χ1v) is 6.62. The topological polar surface area (TPSA) is 26.0 Å². The van der Waals surface area contributed by atoms with Crippen LogP contribution < -0.4 is 5.73 Å². The first-order valence-electron chi connectivity index (χ1n) is 6.62. The monoisotopic (exact) mass is 253 g/mol. The van der Waals surface area contributed by atoms with Crippen LogP contribution in [0.15, 0.2) is 18.2 Å². The Balaban J connectivity index is 2.24. The standard InChI is InChI=1S/C15H21F2N/c1-15(2)8-4-3-5-11(15)14(18)10-6-7-12(16)13(17)9-10/h6-7,9,11,14H,3-5,8,18H2,1-2H3. The zero-order valence-electron chi connectivity index (χ0n) is 11.0. The van der Waals surface area contributed by atoms with E-state index in [1.165, 1.54) is 25.0 Å². The molecule has 100 valence electrons. The average molecular weight is 253 g/mol. The molecule has 1 fully saturated rings. The molecule has 1 aliphatic rings. The van der Waals surface area contributed by atoms with Crippen molar-refractivity contribution >= 4 is 0 Å². The summed E-state index contributed by atoms with van der Waals surface area (Å²) < 4.78 is 26.2. The summed E-state index contributed by atoms with van der Waals surface area (Å²) in [5.74, 6) is -1.29. The van der Waals surface area contributed by atoms with Crippen LogP contribution in [-0.4, -0.2) is 0 Å². The number of benzene rings is 1. The van der Waals surface area contributed by atoms with Gasteiger partial charge in [-0.25, -0.2) is 8.78 Å². The van der Waals surface area contributed by atoms with Gasteiger partial charge in [0.15, 0.2) is 11.6 Å². The van der Waals surface area contributed by atoms with Gasteiger partial charge in [-0.1, -0.05) is 32.8 Å². The SMILES string of the molecule is CC1(C)CCCCC1C(N)c1ccc(F)c(F)c1. The molecule has 1 aromatic carbocycles. The summed E-state index contributed by atoms with van der Waals surface area (Å²) in [6, 6.07) is 3.80. The summed E-state index contributed by atoms with van der Waals surface area (Å²) in [7, 11) is 0. The number of hydrogen-bond donors (Lipinski definition) is 1. The van der Waals surface area contributed by atoms with E-state index in [0.29, 0.717) is 11.5 Å². The highest BCUT2D eigenvalue weighted by Gasteiger charge is 2.36. The average Bonchev–Trinajstić information content (AvgIpc) is 2.31. The third-order valence-corrected chi connectivity index (χ3v) is 4.35. The highest BCUT2D eigenvalue weighted by Crippen LogP contribution is 2.45. The molecule has 0 spiro atoms. The molecule has 1 aromatic rings. The largest absolute Gasteiger partial charge is 0.324 e. The quantitative estimate of drug-likeness (QED) is 0.840. The van der Waals surface area contributed by atoms with Gasteiger partial charge in [-0.2, -0.15) is 0 Å². The van der Waals surface area contributed by atoms with Crippen LogP contribution in [-0.2, 0) is 0 Å². The zero-order valence-corrected chi connectivity index (χ0v) is 11.0. The minimum Gasteiger partial charge on any atom is -0.324 e. The Morgan fingerprint density at radius 3 is 2.56 bits per heavy atom. The molecule has 18 heavy (non-hydrogen) atoms. The van der Waals surface area contributed by atoms with Crippen molar-refractivity contribution in [1.82, 2.24) is 0 Å². The van der Waals surface area contributed by atoms with Gasteiger partial charge >= 0.3 is 0 Å². The van der Waals surface area contributed by atoms with Gasteiger partial charge < -0.3 is 5.73 Å². The van der Waals surface area contributed by atoms with Crippen molar-refractivity contribution in [3.05, 3.63) is 35.4 Å². The molecule has 2 atom stereocenters. The van der Waals surface area contributed by atoms with E-state index in [9.17, 15) is 8.78 Å². The third kappa shape index (κ3) is 2.56. The molecule has 0 aromatic heterocycles. The van der Waals surface area contributed by atoms with Gasteiger partial charge in [0.2, 0.25) is 0 Å². The molecule has 0 radical (unpaired) electrons. The fraction of sp³-hybridized carbons (Fsp3) is 0.600. The van der Waals surface area contributed by atoms with E-state index in [2.05, 4.69) is 13.8 Å². The second-order valence-corrected chi connectivity index (χ2v) is 6.04. The van der Waals surface area contributed by atoms with Crippen molar-refractivity contribution in [2.45, 2.75) is 45.6 Å². The summed E-state index contributed by atoms with van der Waals surface area (Å²) in [6.07, 6.45) is 4.61. The summed E-state index contributed by atoms with van der Waals surface area (Å²) in [5.41, 5.74) is 7.15. The first kappa shape index (κ1) is 13.5. The molecule has 0 heterocycles. The predicted molar refractivity (Wildman–Crippen MR) is 69.0 cm³/mol. The Labute approximate surface area is 107 Å². The molecule has 0 amide bonds. The van der Waals surface area contributed by atoms with Crippen molar-refractivity contribution in [1.29, 1.82) is 0 Å². The summed E-state index contributed by atoms with van der Waals surface area (Å²) >= 11 is 0. The second-order valence-electron chi connectivity index (χ2n) is 6.04. The van der Waals surface area contributed by atoms with Gasteiger partial charge in [0.1, 0.15) is 0 Å². The highest BCUT2D eigenvalue weighted by molar-refractivity contribution is 5.22. The zero-order chi connectivity index (χ0) is 13.3. The fourth-order valence-electron chi connectivity index (χ4n) is 3.14. The molecule has 2 unspecified atom stereocenters. The van der Waals surface area contributed by atoms with E-state index in [4.69, 9.17) is 5.73 Å². The van der Waals surface area contributed by atoms with Crippen LogP contribution >= 0.6 is 0 Å².